The van der Waals surface area contributed by atoms with Crippen LogP contribution in [0, 0.1) is 0 Å². The van der Waals surface area contributed by atoms with Gasteiger partial charge in [-0.3, -0.25) is 0 Å². The number of aliphatic hydroxyl groups is 1. The Morgan fingerprint density at radius 3 is 2.22 bits per heavy atom. The van der Waals surface area contributed by atoms with Crippen molar-refractivity contribution in [3.63, 3.8) is 0 Å². The molecule has 0 heterocycles. The lowest BCUT2D eigenvalue weighted by atomic mass is 9.79. The van der Waals surface area contributed by atoms with Crippen molar-refractivity contribution < 1.29 is 28.9 Å². The van der Waals surface area contributed by atoms with E-state index in [0.29, 0.717) is 43.0 Å². The van der Waals surface area contributed by atoms with Crippen LogP contribution in [0.1, 0.15) is 36.8 Å². The number of fused-ring (bicyclic) bond motifs is 1. The fourth-order valence-corrected chi connectivity index (χ4v) is 4.57. The monoisotopic (exact) mass is 489 g/mol. The average molecular weight is 490 g/mol. The minimum Gasteiger partial charge on any atom is -0.482 e. The van der Waals surface area contributed by atoms with Gasteiger partial charge < -0.3 is 19.3 Å². The van der Waals surface area contributed by atoms with Gasteiger partial charge in [-0.05, 0) is 67.6 Å². The molecule has 7 heteroatoms. The number of esters is 1. The molecule has 0 aromatic heterocycles. The fourth-order valence-electron chi connectivity index (χ4n) is 4.57. The van der Waals surface area contributed by atoms with Gasteiger partial charge >= 0.3 is 12.1 Å². The fraction of sp³-hybridized carbons (Fsp3) is 0.310. The molecule has 0 radical (unpaired) electrons. The molecule has 0 unspecified atom stereocenters. The lowest BCUT2D eigenvalue weighted by Gasteiger charge is -2.31. The lowest BCUT2D eigenvalue weighted by molar-refractivity contribution is -0.145. The quantitative estimate of drug-likeness (QED) is 0.406. The number of carbonyl (C=O) groups is 2. The molecule has 0 saturated carbocycles. The first-order valence-electron chi connectivity index (χ1n) is 12.2. The van der Waals surface area contributed by atoms with E-state index in [0.717, 1.165) is 11.1 Å². The molecule has 1 N–H and O–H groups in total. The van der Waals surface area contributed by atoms with Gasteiger partial charge in [-0.2, -0.15) is 0 Å². The molecule has 0 spiro atoms. The molecule has 0 aliphatic heterocycles. The van der Waals surface area contributed by atoms with E-state index in [2.05, 4.69) is 0 Å². The summed E-state index contributed by atoms with van der Waals surface area (Å²) in [5, 5.41) is 10.8. The van der Waals surface area contributed by atoms with Crippen molar-refractivity contribution in [2.45, 2.75) is 38.2 Å². The van der Waals surface area contributed by atoms with Gasteiger partial charge in [-0.1, -0.05) is 48.5 Å². The van der Waals surface area contributed by atoms with E-state index in [-0.39, 0.29) is 19.1 Å². The Morgan fingerprint density at radius 1 is 0.917 bits per heavy atom. The van der Waals surface area contributed by atoms with Crippen molar-refractivity contribution in [3.05, 3.63) is 90.0 Å². The molecular formula is C29H31NO6. The molecule has 1 amide bonds. The van der Waals surface area contributed by atoms with Gasteiger partial charge in [0, 0.05) is 5.92 Å². The Bertz CT molecular complexity index is 1110. The first kappa shape index (κ1) is 25.3. The maximum Gasteiger partial charge on any atom is 0.418 e. The predicted octanol–water partition coefficient (Wildman–Crippen LogP) is 5.38. The van der Waals surface area contributed by atoms with Crippen LogP contribution in [-0.2, 0) is 20.7 Å². The predicted molar refractivity (Wildman–Crippen MR) is 137 cm³/mol. The Hall–Kier alpha value is -3.84. The lowest BCUT2D eigenvalue weighted by Crippen LogP contribution is -2.30. The molecule has 2 atom stereocenters. The largest absolute Gasteiger partial charge is 0.482 e. The van der Waals surface area contributed by atoms with E-state index in [1.54, 1.807) is 6.92 Å². The Labute approximate surface area is 211 Å². The van der Waals surface area contributed by atoms with Gasteiger partial charge in [0.15, 0.2) is 6.61 Å². The second kappa shape index (κ2) is 12.2. The summed E-state index contributed by atoms with van der Waals surface area (Å²) in [6.07, 6.45) is 0.617. The smallest absolute Gasteiger partial charge is 0.418 e. The van der Waals surface area contributed by atoms with Gasteiger partial charge in [0.1, 0.15) is 5.75 Å². The number of anilines is 2. The normalized spacial score (nSPS) is 16.5. The highest BCUT2D eigenvalue weighted by Gasteiger charge is 2.30. The van der Waals surface area contributed by atoms with E-state index in [9.17, 15) is 14.7 Å². The van der Waals surface area contributed by atoms with E-state index < -0.39 is 18.2 Å². The van der Waals surface area contributed by atoms with Gasteiger partial charge in [-0.25, -0.2) is 14.5 Å². The van der Waals surface area contributed by atoms with Crippen LogP contribution in [0.3, 0.4) is 0 Å². The maximum absolute atomic E-state index is 13.1. The van der Waals surface area contributed by atoms with Crippen molar-refractivity contribution in [2.75, 3.05) is 24.7 Å². The van der Waals surface area contributed by atoms with Crippen LogP contribution < -0.4 is 9.64 Å². The zero-order valence-corrected chi connectivity index (χ0v) is 20.3. The Kier molecular flexibility index (Phi) is 8.57. The second-order valence-corrected chi connectivity index (χ2v) is 8.54. The van der Waals surface area contributed by atoms with Gasteiger partial charge in [0.05, 0.1) is 30.7 Å². The van der Waals surface area contributed by atoms with Gasteiger partial charge in [0.2, 0.25) is 0 Å². The zero-order valence-electron chi connectivity index (χ0n) is 20.3. The highest BCUT2D eigenvalue weighted by molar-refractivity contribution is 5.95. The number of carbonyl (C=O) groups excluding carboxylic acids is 2. The molecule has 0 fully saturated rings. The topological polar surface area (TPSA) is 85.3 Å². The number of hydrogen-bond donors (Lipinski definition) is 1. The molecule has 1 aliphatic rings. The summed E-state index contributed by atoms with van der Waals surface area (Å²) in [6, 6.07) is 24.3. The van der Waals surface area contributed by atoms with E-state index >= 15 is 0 Å². The van der Waals surface area contributed by atoms with E-state index in [4.69, 9.17) is 14.2 Å². The number of amides is 1. The molecule has 0 bridgehead atoms. The van der Waals surface area contributed by atoms with Crippen molar-refractivity contribution >= 4 is 23.4 Å². The third kappa shape index (κ3) is 6.04. The van der Waals surface area contributed by atoms with Crippen LogP contribution in [0.15, 0.2) is 78.9 Å². The van der Waals surface area contributed by atoms with Crippen LogP contribution in [0.5, 0.6) is 5.75 Å². The molecule has 3 aromatic carbocycles. The number of benzene rings is 3. The SMILES string of the molecule is CCOC(=O)COc1cccc2c1CC[C@H](O)[C@H]2CCOC(=O)N(c1ccccc1)c1ccccc1. The summed E-state index contributed by atoms with van der Waals surface area (Å²) in [5.74, 6) is -0.0147. The molecule has 3 aromatic rings. The minimum absolute atomic E-state index is 0.143. The third-order valence-corrected chi connectivity index (χ3v) is 6.24. The summed E-state index contributed by atoms with van der Waals surface area (Å²) in [5.41, 5.74) is 3.34. The summed E-state index contributed by atoms with van der Waals surface area (Å²) >= 11 is 0. The van der Waals surface area contributed by atoms with Crippen molar-refractivity contribution in [3.8, 4) is 5.75 Å². The summed E-state index contributed by atoms with van der Waals surface area (Å²) in [7, 11) is 0. The number of rotatable bonds is 9. The van der Waals surface area contributed by atoms with Gasteiger partial charge in [0.25, 0.3) is 0 Å². The summed E-state index contributed by atoms with van der Waals surface area (Å²) in [6.45, 7) is 2.03. The van der Waals surface area contributed by atoms with Gasteiger partial charge in [-0.15, -0.1) is 0 Å². The van der Waals surface area contributed by atoms with Crippen LogP contribution >= 0.6 is 0 Å². The van der Waals surface area contributed by atoms with Crippen LogP contribution in [0.25, 0.3) is 0 Å². The first-order valence-corrected chi connectivity index (χ1v) is 12.2. The molecule has 7 nitrogen and oxygen atoms in total. The van der Waals surface area contributed by atoms with Crippen LogP contribution in [0.4, 0.5) is 16.2 Å². The standard InChI is InChI=1S/C29H31NO6/c1-2-34-28(32)20-36-27-15-9-14-23-24(26(31)17-16-25(23)27)18-19-35-29(33)30(21-10-5-3-6-11-21)22-12-7-4-8-13-22/h3-15,24,26,31H,2,16-20H2,1H3/t24-,26-/m0/s1. The third-order valence-electron chi connectivity index (χ3n) is 6.24. The first-order chi connectivity index (χ1) is 17.6. The molecule has 0 saturated heterocycles. The number of hydrogen-bond acceptors (Lipinski definition) is 6. The molecular weight excluding hydrogens is 458 g/mol. The number of ether oxygens (including phenoxy) is 3. The zero-order chi connectivity index (χ0) is 25.3. The van der Waals surface area contributed by atoms with Crippen LogP contribution in [0.2, 0.25) is 0 Å². The summed E-state index contributed by atoms with van der Waals surface area (Å²) in [4.78, 5) is 26.4. The summed E-state index contributed by atoms with van der Waals surface area (Å²) < 4.78 is 16.4. The molecule has 188 valence electrons. The maximum atomic E-state index is 13.1. The highest BCUT2D eigenvalue weighted by atomic mass is 16.6. The average Bonchev–Trinajstić information content (AvgIpc) is 2.90. The van der Waals surface area contributed by atoms with Crippen molar-refractivity contribution in [1.82, 2.24) is 0 Å². The molecule has 36 heavy (non-hydrogen) atoms. The number of nitrogens with zero attached hydrogens (tertiary/aromatic N) is 1. The Morgan fingerprint density at radius 2 is 1.58 bits per heavy atom. The van der Waals surface area contributed by atoms with E-state index in [1.807, 2.05) is 78.9 Å². The molecule has 1 aliphatic carbocycles. The molecule has 4 rings (SSSR count). The van der Waals surface area contributed by atoms with E-state index in [1.165, 1.54) is 4.90 Å². The van der Waals surface area contributed by atoms with Crippen LogP contribution in [-0.4, -0.2) is 43.1 Å². The van der Waals surface area contributed by atoms with Crippen molar-refractivity contribution in [1.29, 1.82) is 0 Å². The Balaban J connectivity index is 1.44. The highest BCUT2D eigenvalue weighted by Crippen LogP contribution is 2.39. The van der Waals surface area contributed by atoms with Crippen molar-refractivity contribution in [2.24, 2.45) is 0 Å². The number of aliphatic hydroxyl groups excluding tert-OH is 1. The minimum atomic E-state index is -0.559. The second-order valence-electron chi connectivity index (χ2n) is 8.54. The number of para-hydroxylation sites is 2.